The predicted octanol–water partition coefficient (Wildman–Crippen LogP) is 1.42. The Morgan fingerprint density at radius 1 is 1.56 bits per heavy atom. The minimum atomic E-state index is 0.0345. The van der Waals surface area contributed by atoms with Crippen LogP contribution in [0.3, 0.4) is 0 Å². The Kier molecular flexibility index (Phi) is 3.85. The van der Waals surface area contributed by atoms with Crippen molar-refractivity contribution in [2.45, 2.75) is 26.0 Å². The number of hydrogen-bond acceptors (Lipinski definition) is 4. The van der Waals surface area contributed by atoms with E-state index in [0.29, 0.717) is 6.61 Å². The molecule has 1 aromatic carbocycles. The second kappa shape index (κ2) is 5.38. The first kappa shape index (κ1) is 12.9. The lowest BCUT2D eigenvalue weighted by atomic mass is 10.1. The van der Waals surface area contributed by atoms with Gasteiger partial charge in [0.05, 0.1) is 24.3 Å². The molecule has 18 heavy (non-hydrogen) atoms. The van der Waals surface area contributed by atoms with E-state index in [1.165, 1.54) is 0 Å². The van der Waals surface area contributed by atoms with Crippen LogP contribution in [0.5, 0.6) is 0 Å². The van der Waals surface area contributed by atoms with Crippen LogP contribution in [-0.2, 0) is 4.74 Å². The smallest absolute Gasteiger partial charge is 0.0994 e. The van der Waals surface area contributed by atoms with Crippen LogP contribution in [0.25, 0.3) is 0 Å². The van der Waals surface area contributed by atoms with Gasteiger partial charge in [0.25, 0.3) is 0 Å². The molecule has 1 saturated heterocycles. The van der Waals surface area contributed by atoms with Crippen molar-refractivity contribution in [3.8, 4) is 6.07 Å². The number of nitrogens with zero attached hydrogens (tertiary/aromatic N) is 2. The summed E-state index contributed by atoms with van der Waals surface area (Å²) in [6.07, 6.45) is 0.0784. The maximum absolute atomic E-state index is 8.93. The Hall–Kier alpha value is -1.57. The van der Waals surface area contributed by atoms with Crippen molar-refractivity contribution in [3.63, 3.8) is 0 Å². The number of rotatable bonds is 2. The molecule has 0 saturated carbocycles. The monoisotopic (exact) mass is 245 g/mol. The molecule has 2 atom stereocenters. The van der Waals surface area contributed by atoms with Crippen molar-refractivity contribution in [1.29, 1.82) is 5.26 Å². The highest BCUT2D eigenvalue weighted by molar-refractivity contribution is 5.53. The van der Waals surface area contributed by atoms with Crippen LogP contribution in [0.2, 0.25) is 0 Å². The van der Waals surface area contributed by atoms with Crippen LogP contribution in [0.1, 0.15) is 18.1 Å². The van der Waals surface area contributed by atoms with Gasteiger partial charge in [-0.15, -0.1) is 0 Å². The molecule has 4 heteroatoms. The van der Waals surface area contributed by atoms with Crippen LogP contribution in [0.15, 0.2) is 18.2 Å². The Labute approximate surface area is 108 Å². The number of anilines is 1. The number of ether oxygens (including phenoxy) is 1. The van der Waals surface area contributed by atoms with Gasteiger partial charge in [0.15, 0.2) is 0 Å². The molecule has 0 aromatic heterocycles. The van der Waals surface area contributed by atoms with Gasteiger partial charge in [0, 0.05) is 24.8 Å². The predicted molar refractivity (Wildman–Crippen MR) is 71.5 cm³/mol. The van der Waals surface area contributed by atoms with Gasteiger partial charge in [-0.25, -0.2) is 0 Å². The van der Waals surface area contributed by atoms with E-state index in [4.69, 9.17) is 15.7 Å². The summed E-state index contributed by atoms with van der Waals surface area (Å²) in [6.45, 7) is 6.31. The first-order valence-corrected chi connectivity index (χ1v) is 6.24. The molecule has 0 spiro atoms. The van der Waals surface area contributed by atoms with E-state index in [1.807, 2.05) is 26.0 Å². The maximum atomic E-state index is 8.93. The molecular formula is C14H19N3O. The fraction of sp³-hybridized carbons (Fsp3) is 0.500. The van der Waals surface area contributed by atoms with E-state index in [2.05, 4.69) is 17.0 Å². The van der Waals surface area contributed by atoms with Crippen LogP contribution in [0.4, 0.5) is 5.69 Å². The number of aryl methyl sites for hydroxylation is 1. The summed E-state index contributed by atoms with van der Waals surface area (Å²) >= 11 is 0. The van der Waals surface area contributed by atoms with Gasteiger partial charge >= 0.3 is 0 Å². The van der Waals surface area contributed by atoms with E-state index >= 15 is 0 Å². The largest absolute Gasteiger partial charge is 0.373 e. The summed E-state index contributed by atoms with van der Waals surface area (Å²) in [6, 6.07) is 8.15. The summed E-state index contributed by atoms with van der Waals surface area (Å²) < 4.78 is 5.65. The molecule has 1 aromatic rings. The van der Waals surface area contributed by atoms with Crippen molar-refractivity contribution in [1.82, 2.24) is 0 Å². The molecule has 1 fully saturated rings. The first-order chi connectivity index (χ1) is 8.61. The van der Waals surface area contributed by atoms with Gasteiger partial charge in [0.1, 0.15) is 0 Å². The Morgan fingerprint density at radius 3 is 2.94 bits per heavy atom. The van der Waals surface area contributed by atoms with Gasteiger partial charge in [-0.2, -0.15) is 5.26 Å². The number of nitrogens with two attached hydrogens (primary N) is 1. The van der Waals surface area contributed by atoms with Crippen molar-refractivity contribution in [3.05, 3.63) is 29.3 Å². The van der Waals surface area contributed by atoms with E-state index in [9.17, 15) is 0 Å². The van der Waals surface area contributed by atoms with E-state index < -0.39 is 0 Å². The number of morpholine rings is 1. The molecule has 4 nitrogen and oxygen atoms in total. The summed E-state index contributed by atoms with van der Waals surface area (Å²) in [5.41, 5.74) is 8.77. The number of benzene rings is 1. The third kappa shape index (κ3) is 2.63. The molecule has 1 heterocycles. The summed E-state index contributed by atoms with van der Waals surface area (Å²) in [4.78, 5) is 2.27. The third-order valence-electron chi connectivity index (χ3n) is 3.38. The van der Waals surface area contributed by atoms with Gasteiger partial charge in [0.2, 0.25) is 0 Å². The average Bonchev–Trinajstić information content (AvgIpc) is 2.38. The minimum Gasteiger partial charge on any atom is -0.373 e. The fourth-order valence-electron chi connectivity index (χ4n) is 2.20. The molecular weight excluding hydrogens is 226 g/mol. The Bertz CT molecular complexity index is 465. The van der Waals surface area contributed by atoms with Gasteiger partial charge in [-0.1, -0.05) is 0 Å². The van der Waals surface area contributed by atoms with E-state index in [-0.39, 0.29) is 12.1 Å². The molecule has 1 aliphatic rings. The number of hydrogen-bond donors (Lipinski definition) is 1. The lowest BCUT2D eigenvalue weighted by molar-refractivity contribution is 0.0276. The van der Waals surface area contributed by atoms with Crippen molar-refractivity contribution < 1.29 is 4.74 Å². The molecule has 0 aliphatic carbocycles. The van der Waals surface area contributed by atoms with Crippen LogP contribution in [-0.4, -0.2) is 31.8 Å². The van der Waals surface area contributed by atoms with Gasteiger partial charge in [-0.05, 0) is 37.6 Å². The zero-order valence-electron chi connectivity index (χ0n) is 10.9. The highest BCUT2D eigenvalue weighted by Crippen LogP contribution is 2.21. The minimum absolute atomic E-state index is 0.0345. The SMILES string of the molecule is Cc1cc(N2CCOC(C(C)N)C2)ccc1C#N. The highest BCUT2D eigenvalue weighted by Gasteiger charge is 2.23. The molecule has 96 valence electrons. The lowest BCUT2D eigenvalue weighted by Gasteiger charge is -2.36. The second-order valence-corrected chi connectivity index (χ2v) is 4.83. The third-order valence-corrected chi connectivity index (χ3v) is 3.38. The summed E-state index contributed by atoms with van der Waals surface area (Å²) in [5.74, 6) is 0. The second-order valence-electron chi connectivity index (χ2n) is 4.83. The highest BCUT2D eigenvalue weighted by atomic mass is 16.5. The zero-order valence-corrected chi connectivity index (χ0v) is 10.9. The quantitative estimate of drug-likeness (QED) is 0.856. The molecule has 2 rings (SSSR count). The van der Waals surface area contributed by atoms with Gasteiger partial charge in [-0.3, -0.25) is 0 Å². The lowest BCUT2D eigenvalue weighted by Crippen LogP contribution is -2.49. The zero-order chi connectivity index (χ0) is 13.1. The fourth-order valence-corrected chi connectivity index (χ4v) is 2.20. The standard InChI is InChI=1S/C14H19N3O/c1-10-7-13(4-3-12(10)8-15)17-5-6-18-14(9-17)11(2)16/h3-4,7,11,14H,5-6,9,16H2,1-2H3. The normalized spacial score (nSPS) is 21.4. The van der Waals surface area contributed by atoms with Crippen molar-refractivity contribution in [2.75, 3.05) is 24.6 Å². The molecule has 2 unspecified atom stereocenters. The Balaban J connectivity index is 2.16. The van der Waals surface area contributed by atoms with Crippen molar-refractivity contribution >= 4 is 5.69 Å². The average molecular weight is 245 g/mol. The Morgan fingerprint density at radius 2 is 2.33 bits per heavy atom. The molecule has 2 N–H and O–H groups in total. The van der Waals surface area contributed by atoms with E-state index in [0.717, 1.165) is 29.9 Å². The molecule has 0 bridgehead atoms. The summed E-state index contributed by atoms with van der Waals surface area (Å²) in [5, 5.41) is 8.93. The van der Waals surface area contributed by atoms with Crippen LogP contribution < -0.4 is 10.6 Å². The maximum Gasteiger partial charge on any atom is 0.0994 e. The topological polar surface area (TPSA) is 62.3 Å². The first-order valence-electron chi connectivity index (χ1n) is 6.24. The number of nitriles is 1. The van der Waals surface area contributed by atoms with E-state index in [1.54, 1.807) is 0 Å². The summed E-state index contributed by atoms with van der Waals surface area (Å²) in [7, 11) is 0. The molecule has 0 amide bonds. The van der Waals surface area contributed by atoms with Crippen LogP contribution >= 0.6 is 0 Å². The van der Waals surface area contributed by atoms with Gasteiger partial charge < -0.3 is 15.4 Å². The van der Waals surface area contributed by atoms with Crippen LogP contribution in [0, 0.1) is 18.3 Å². The van der Waals surface area contributed by atoms with Crippen molar-refractivity contribution in [2.24, 2.45) is 5.73 Å². The molecule has 0 radical (unpaired) electrons. The molecule has 1 aliphatic heterocycles.